The highest BCUT2D eigenvalue weighted by atomic mass is 19.1. The number of likely N-dealkylation sites (tertiary alicyclic amines) is 1. The first-order chi connectivity index (χ1) is 9.38. The van der Waals surface area contributed by atoms with E-state index in [9.17, 15) is 14.0 Å². The Balaban J connectivity index is 1.92. The second kappa shape index (κ2) is 5.48. The molecule has 0 aromatic heterocycles. The van der Waals surface area contributed by atoms with Crippen molar-refractivity contribution in [3.8, 4) is 0 Å². The normalized spacial score (nSPS) is 16.4. The number of anilines is 1. The Bertz CT molecular complexity index is 541. The third-order valence-electron chi connectivity index (χ3n) is 3.66. The number of carbonyl (C=O) groups is 2. The highest BCUT2D eigenvalue weighted by Gasteiger charge is 2.37. The van der Waals surface area contributed by atoms with Crippen LogP contribution in [-0.4, -0.2) is 35.1 Å². The zero-order valence-electron chi connectivity index (χ0n) is 11.4. The number of hydrogen-bond acceptors (Lipinski definition) is 2. The number of carboxylic acid groups (broad SMARTS) is 1. The molecule has 1 atom stereocenters. The van der Waals surface area contributed by atoms with Crippen LogP contribution in [0.1, 0.15) is 12.5 Å². The molecule has 1 saturated heterocycles. The monoisotopic (exact) mass is 280 g/mol. The van der Waals surface area contributed by atoms with E-state index < -0.39 is 23.7 Å². The number of urea groups is 1. The molecule has 1 aliphatic rings. The van der Waals surface area contributed by atoms with E-state index in [0.29, 0.717) is 13.1 Å². The number of nitrogens with zero attached hydrogens (tertiary/aromatic N) is 1. The van der Waals surface area contributed by atoms with E-state index in [4.69, 9.17) is 5.11 Å². The van der Waals surface area contributed by atoms with Crippen LogP contribution in [0.4, 0.5) is 14.9 Å². The maximum atomic E-state index is 13.5. The number of rotatable bonds is 3. The highest BCUT2D eigenvalue weighted by molar-refractivity contribution is 5.90. The lowest BCUT2D eigenvalue weighted by atomic mass is 9.87. The molecule has 6 heteroatoms. The van der Waals surface area contributed by atoms with Gasteiger partial charge in [-0.3, -0.25) is 4.79 Å². The summed E-state index contributed by atoms with van der Waals surface area (Å²) in [4.78, 5) is 24.2. The molecule has 0 radical (unpaired) electrons. The number of aryl methyl sites for hydroxylation is 1. The van der Waals surface area contributed by atoms with Gasteiger partial charge < -0.3 is 15.3 Å². The molecule has 1 aromatic carbocycles. The zero-order valence-corrected chi connectivity index (χ0v) is 11.4. The summed E-state index contributed by atoms with van der Waals surface area (Å²) >= 11 is 0. The number of carboxylic acids is 1. The van der Waals surface area contributed by atoms with Gasteiger partial charge in [-0.15, -0.1) is 0 Å². The molecule has 0 aliphatic carbocycles. The molecule has 0 saturated carbocycles. The van der Waals surface area contributed by atoms with Crippen molar-refractivity contribution in [3.05, 3.63) is 29.6 Å². The number of amides is 2. The molecule has 0 spiro atoms. The van der Waals surface area contributed by atoms with Crippen LogP contribution >= 0.6 is 0 Å². The van der Waals surface area contributed by atoms with Gasteiger partial charge in [-0.05, 0) is 24.6 Å². The number of nitrogens with one attached hydrogen (secondary N) is 1. The van der Waals surface area contributed by atoms with Gasteiger partial charge in [-0.25, -0.2) is 9.18 Å². The van der Waals surface area contributed by atoms with E-state index >= 15 is 0 Å². The molecule has 2 amide bonds. The fourth-order valence-corrected chi connectivity index (χ4v) is 2.13. The Morgan fingerprint density at radius 1 is 1.45 bits per heavy atom. The van der Waals surface area contributed by atoms with Crippen LogP contribution in [-0.2, 0) is 4.79 Å². The quantitative estimate of drug-likeness (QED) is 0.892. The fraction of sp³-hybridized carbons (Fsp3) is 0.429. The van der Waals surface area contributed by atoms with Crippen LogP contribution < -0.4 is 5.32 Å². The van der Waals surface area contributed by atoms with E-state index in [1.54, 1.807) is 19.1 Å². The van der Waals surface area contributed by atoms with Gasteiger partial charge in [0.15, 0.2) is 0 Å². The van der Waals surface area contributed by atoms with E-state index in [1.807, 2.05) is 6.92 Å². The Morgan fingerprint density at radius 3 is 2.70 bits per heavy atom. The van der Waals surface area contributed by atoms with Crippen LogP contribution in [0.3, 0.4) is 0 Å². The first-order valence-corrected chi connectivity index (χ1v) is 6.43. The van der Waals surface area contributed by atoms with Crippen LogP contribution in [0.15, 0.2) is 18.2 Å². The molecule has 2 N–H and O–H groups in total. The summed E-state index contributed by atoms with van der Waals surface area (Å²) in [6.45, 7) is 4.20. The molecule has 0 bridgehead atoms. The summed E-state index contributed by atoms with van der Waals surface area (Å²) in [5, 5.41) is 11.4. The average Bonchev–Trinajstić information content (AvgIpc) is 2.31. The number of hydrogen-bond donors (Lipinski definition) is 2. The van der Waals surface area contributed by atoms with Crippen molar-refractivity contribution < 1.29 is 19.1 Å². The van der Waals surface area contributed by atoms with Gasteiger partial charge in [-0.1, -0.05) is 13.0 Å². The molecular formula is C14H17FN2O3. The van der Waals surface area contributed by atoms with Gasteiger partial charge in [0.1, 0.15) is 5.82 Å². The second-order valence-corrected chi connectivity index (χ2v) is 5.21. The molecule has 1 unspecified atom stereocenters. The summed E-state index contributed by atoms with van der Waals surface area (Å²) in [5.74, 6) is -1.87. The van der Waals surface area contributed by atoms with Crippen molar-refractivity contribution in [2.75, 3.05) is 18.4 Å². The summed E-state index contributed by atoms with van der Waals surface area (Å²) in [6, 6.07) is 4.09. The molecule has 108 valence electrons. The Morgan fingerprint density at radius 2 is 2.10 bits per heavy atom. The van der Waals surface area contributed by atoms with E-state index in [-0.39, 0.29) is 11.6 Å². The number of halogens is 1. The molecule has 5 nitrogen and oxygen atoms in total. The maximum absolute atomic E-state index is 13.5. The SMILES string of the molecule is Cc1ccc(F)c(NC(=O)N2CC(C(C)C(=O)O)C2)c1. The van der Waals surface area contributed by atoms with E-state index in [0.717, 1.165) is 5.56 Å². The zero-order chi connectivity index (χ0) is 14.9. The molecule has 20 heavy (non-hydrogen) atoms. The predicted octanol–water partition coefficient (Wildman–Crippen LogP) is 2.32. The van der Waals surface area contributed by atoms with Crippen molar-refractivity contribution >= 4 is 17.7 Å². The van der Waals surface area contributed by atoms with Crippen molar-refractivity contribution in [3.63, 3.8) is 0 Å². The van der Waals surface area contributed by atoms with Gasteiger partial charge in [0.25, 0.3) is 0 Å². The van der Waals surface area contributed by atoms with Crippen LogP contribution in [0.5, 0.6) is 0 Å². The van der Waals surface area contributed by atoms with Gasteiger partial charge in [0, 0.05) is 19.0 Å². The average molecular weight is 280 g/mol. The van der Waals surface area contributed by atoms with Gasteiger partial charge in [0.05, 0.1) is 11.6 Å². The number of carbonyl (C=O) groups excluding carboxylic acids is 1. The smallest absolute Gasteiger partial charge is 0.321 e. The third kappa shape index (κ3) is 2.89. The van der Waals surface area contributed by atoms with Gasteiger partial charge >= 0.3 is 12.0 Å². The standard InChI is InChI=1S/C14H17FN2O3/c1-8-3-4-11(15)12(5-8)16-14(20)17-6-10(7-17)9(2)13(18)19/h3-5,9-10H,6-7H2,1-2H3,(H,16,20)(H,18,19). The summed E-state index contributed by atoms with van der Waals surface area (Å²) < 4.78 is 13.5. The van der Waals surface area contributed by atoms with E-state index in [2.05, 4.69) is 5.32 Å². The first kappa shape index (κ1) is 14.3. The first-order valence-electron chi connectivity index (χ1n) is 6.43. The molecule has 1 aliphatic heterocycles. The summed E-state index contributed by atoms with van der Waals surface area (Å²) in [5.41, 5.74) is 0.993. The highest BCUT2D eigenvalue weighted by Crippen LogP contribution is 2.25. The van der Waals surface area contributed by atoms with Crippen molar-refractivity contribution in [1.29, 1.82) is 0 Å². The Hall–Kier alpha value is -2.11. The lowest BCUT2D eigenvalue weighted by molar-refractivity contribution is -0.144. The Kier molecular flexibility index (Phi) is 3.92. The van der Waals surface area contributed by atoms with E-state index in [1.165, 1.54) is 11.0 Å². The van der Waals surface area contributed by atoms with Gasteiger partial charge in [0.2, 0.25) is 0 Å². The number of benzene rings is 1. The summed E-state index contributed by atoms with van der Waals surface area (Å²) in [6.07, 6.45) is 0. The second-order valence-electron chi connectivity index (χ2n) is 5.21. The van der Waals surface area contributed by atoms with Crippen LogP contribution in [0.2, 0.25) is 0 Å². The van der Waals surface area contributed by atoms with Crippen molar-refractivity contribution in [1.82, 2.24) is 4.90 Å². The summed E-state index contributed by atoms with van der Waals surface area (Å²) in [7, 11) is 0. The molecule has 1 heterocycles. The Labute approximate surface area is 116 Å². The number of aliphatic carboxylic acids is 1. The topological polar surface area (TPSA) is 69.6 Å². The lowest BCUT2D eigenvalue weighted by Gasteiger charge is -2.41. The molecule has 1 fully saturated rings. The fourth-order valence-electron chi connectivity index (χ4n) is 2.13. The predicted molar refractivity (Wildman–Crippen MR) is 72.0 cm³/mol. The van der Waals surface area contributed by atoms with Crippen molar-refractivity contribution in [2.24, 2.45) is 11.8 Å². The molecule has 2 rings (SSSR count). The van der Waals surface area contributed by atoms with Crippen LogP contribution in [0.25, 0.3) is 0 Å². The lowest BCUT2D eigenvalue weighted by Crippen LogP contribution is -2.54. The minimum Gasteiger partial charge on any atom is -0.481 e. The van der Waals surface area contributed by atoms with Crippen LogP contribution in [0, 0.1) is 24.6 Å². The molecular weight excluding hydrogens is 263 g/mol. The minimum atomic E-state index is -0.861. The minimum absolute atomic E-state index is 0.0411. The maximum Gasteiger partial charge on any atom is 0.321 e. The third-order valence-corrected chi connectivity index (χ3v) is 3.66. The largest absolute Gasteiger partial charge is 0.481 e. The van der Waals surface area contributed by atoms with Crippen molar-refractivity contribution in [2.45, 2.75) is 13.8 Å². The van der Waals surface area contributed by atoms with Gasteiger partial charge in [-0.2, -0.15) is 0 Å². The molecule has 1 aromatic rings.